The van der Waals surface area contributed by atoms with E-state index >= 15 is 0 Å². The van der Waals surface area contributed by atoms with Crippen molar-refractivity contribution in [1.82, 2.24) is 5.06 Å². The second-order valence-corrected chi connectivity index (χ2v) is 5.99. The average Bonchev–Trinajstić information content (AvgIpc) is 2.66. The maximum atomic E-state index is 14.1. The largest absolute Gasteiger partial charge is 0.363 e. The number of carbonyl (C=O) groups is 3. The highest BCUT2D eigenvalue weighted by atomic mass is 19.1. The number of carbonyl (C=O) groups excluding carboxylic acids is 3. The first-order valence-corrected chi connectivity index (χ1v) is 8.28. The molecule has 0 aliphatic rings. The van der Waals surface area contributed by atoms with Gasteiger partial charge in [0.25, 0.3) is 5.91 Å². The number of nitrogens with zero attached hydrogens (tertiary/aromatic N) is 1. The van der Waals surface area contributed by atoms with E-state index in [1.165, 1.54) is 38.2 Å². The van der Waals surface area contributed by atoms with E-state index in [1.807, 2.05) is 0 Å². The number of amides is 1. The molecule has 2 rings (SSSR count). The van der Waals surface area contributed by atoms with Crippen LogP contribution in [0.5, 0.6) is 0 Å². The van der Waals surface area contributed by atoms with Gasteiger partial charge in [-0.3, -0.25) is 4.79 Å². The average molecular weight is 375 g/mol. The van der Waals surface area contributed by atoms with Gasteiger partial charge in [-0.1, -0.05) is 18.2 Å². The molecule has 0 saturated heterocycles. The molecule has 5 nitrogen and oxygen atoms in total. The fraction of sp³-hybridized carbons (Fsp3) is 0.250. The molecule has 0 spiro atoms. The normalized spacial score (nSPS) is 10.4. The zero-order chi connectivity index (χ0) is 20.0. The van der Waals surface area contributed by atoms with Crippen molar-refractivity contribution in [2.45, 2.75) is 26.2 Å². The molecule has 142 valence electrons. The number of hydrogen-bond donors (Lipinski definition) is 0. The second-order valence-electron chi connectivity index (χ2n) is 5.99. The maximum Gasteiger partial charge on any atom is 0.363 e. The van der Waals surface area contributed by atoms with Crippen molar-refractivity contribution in [3.8, 4) is 0 Å². The molecule has 0 bridgehead atoms. The van der Waals surface area contributed by atoms with E-state index in [0.717, 1.165) is 10.6 Å². The molecule has 0 atom stereocenters. The number of rotatable bonds is 6. The van der Waals surface area contributed by atoms with Crippen LogP contribution in [0.15, 0.2) is 36.4 Å². The summed E-state index contributed by atoms with van der Waals surface area (Å²) in [5.74, 6) is -2.41. The molecule has 0 aliphatic carbocycles. The van der Waals surface area contributed by atoms with E-state index in [-0.39, 0.29) is 30.4 Å². The summed E-state index contributed by atoms with van der Waals surface area (Å²) in [6.07, 6.45) is 0.855. The Bertz CT molecular complexity index is 850. The first-order valence-electron chi connectivity index (χ1n) is 8.28. The van der Waals surface area contributed by atoms with Gasteiger partial charge < -0.3 is 9.63 Å². The smallest absolute Gasteiger partial charge is 0.333 e. The van der Waals surface area contributed by atoms with Gasteiger partial charge in [0.05, 0.1) is 5.56 Å². The number of halogens is 2. The minimum Gasteiger partial charge on any atom is -0.333 e. The molecule has 1 amide bonds. The highest BCUT2D eigenvalue weighted by Crippen LogP contribution is 2.19. The van der Waals surface area contributed by atoms with Crippen LogP contribution in [0.25, 0.3) is 0 Å². The molecule has 7 heteroatoms. The summed E-state index contributed by atoms with van der Waals surface area (Å²) in [5, 5.41) is 0.788. The van der Waals surface area contributed by atoms with E-state index in [4.69, 9.17) is 4.84 Å². The third-order valence-corrected chi connectivity index (χ3v) is 4.03. The van der Waals surface area contributed by atoms with E-state index in [2.05, 4.69) is 0 Å². The fourth-order valence-electron chi connectivity index (χ4n) is 2.40. The topological polar surface area (TPSA) is 63.7 Å². The Hall–Kier alpha value is -3.09. The van der Waals surface area contributed by atoms with Crippen molar-refractivity contribution in [2.75, 3.05) is 7.05 Å². The van der Waals surface area contributed by atoms with Gasteiger partial charge in [0.2, 0.25) is 0 Å². The molecule has 2 aromatic carbocycles. The van der Waals surface area contributed by atoms with Gasteiger partial charge in [0, 0.05) is 31.9 Å². The van der Waals surface area contributed by atoms with Gasteiger partial charge in [0.1, 0.15) is 17.9 Å². The third kappa shape index (κ3) is 5.20. The summed E-state index contributed by atoms with van der Waals surface area (Å²) in [5.41, 5.74) is 1.26. The van der Waals surface area contributed by atoms with Crippen molar-refractivity contribution in [2.24, 2.45) is 0 Å². The monoisotopic (exact) mass is 375 g/mol. The Morgan fingerprint density at radius 2 is 1.78 bits per heavy atom. The van der Waals surface area contributed by atoms with Gasteiger partial charge in [-0.2, -0.15) is 5.06 Å². The summed E-state index contributed by atoms with van der Waals surface area (Å²) >= 11 is 0. The second kappa shape index (κ2) is 9.02. The Balaban J connectivity index is 2.02. The molecule has 0 aromatic heterocycles. The van der Waals surface area contributed by atoms with Crippen molar-refractivity contribution < 1.29 is 28.0 Å². The Kier molecular flexibility index (Phi) is 6.76. The predicted octanol–water partition coefficient (Wildman–Crippen LogP) is 3.37. The maximum absolute atomic E-state index is 14.1. The first kappa shape index (κ1) is 20.2. The molecule has 0 radical (unpaired) electrons. The number of aldehydes is 1. The van der Waals surface area contributed by atoms with Gasteiger partial charge in [-0.05, 0) is 36.2 Å². The van der Waals surface area contributed by atoms with Crippen molar-refractivity contribution >= 4 is 18.2 Å². The van der Waals surface area contributed by atoms with Crippen LogP contribution in [0.3, 0.4) is 0 Å². The molecule has 2 aromatic rings. The van der Waals surface area contributed by atoms with Crippen molar-refractivity contribution in [3.63, 3.8) is 0 Å². The number of hydrogen-bond acceptors (Lipinski definition) is 4. The van der Waals surface area contributed by atoms with Gasteiger partial charge >= 0.3 is 5.97 Å². The number of hydroxylamine groups is 2. The summed E-state index contributed by atoms with van der Waals surface area (Å²) in [6.45, 7) is 1.38. The fourth-order valence-corrected chi connectivity index (χ4v) is 2.40. The zero-order valence-corrected chi connectivity index (χ0v) is 15.0. The van der Waals surface area contributed by atoms with Crippen LogP contribution in [-0.2, 0) is 20.8 Å². The SMILES string of the molecule is Cc1c(F)ccc(Cc2ccc(C(=O)ON(C)C(=O)CCC=O)cc2)c1F. The quantitative estimate of drug-likeness (QED) is 0.574. The highest BCUT2D eigenvalue weighted by Gasteiger charge is 2.16. The van der Waals surface area contributed by atoms with E-state index in [1.54, 1.807) is 12.1 Å². The molecule has 0 unspecified atom stereocenters. The lowest BCUT2D eigenvalue weighted by Crippen LogP contribution is -2.29. The van der Waals surface area contributed by atoms with E-state index in [0.29, 0.717) is 11.8 Å². The van der Waals surface area contributed by atoms with Gasteiger partial charge in [-0.25, -0.2) is 13.6 Å². The molecule has 0 N–H and O–H groups in total. The van der Waals surface area contributed by atoms with E-state index in [9.17, 15) is 23.2 Å². The zero-order valence-electron chi connectivity index (χ0n) is 15.0. The number of benzene rings is 2. The van der Waals surface area contributed by atoms with Crippen LogP contribution in [0.2, 0.25) is 0 Å². The molecule has 0 aliphatic heterocycles. The molecular formula is C20H19F2NO4. The van der Waals surface area contributed by atoms with Crippen LogP contribution in [0.4, 0.5) is 8.78 Å². The van der Waals surface area contributed by atoms with Gasteiger partial charge in [-0.15, -0.1) is 0 Å². The van der Waals surface area contributed by atoms with E-state index < -0.39 is 23.5 Å². The predicted molar refractivity (Wildman–Crippen MR) is 93.8 cm³/mol. The van der Waals surface area contributed by atoms with Crippen LogP contribution >= 0.6 is 0 Å². The lowest BCUT2D eigenvalue weighted by molar-refractivity contribution is -0.161. The summed E-state index contributed by atoms with van der Waals surface area (Å²) in [4.78, 5) is 38.9. The molecular weight excluding hydrogens is 356 g/mol. The van der Waals surface area contributed by atoms with Gasteiger partial charge in [0.15, 0.2) is 0 Å². The first-order chi connectivity index (χ1) is 12.8. The lowest BCUT2D eigenvalue weighted by Gasteiger charge is -2.15. The minimum absolute atomic E-state index is 0.0324. The molecule has 0 saturated carbocycles. The Morgan fingerprint density at radius 1 is 1.11 bits per heavy atom. The van der Waals surface area contributed by atoms with Crippen LogP contribution < -0.4 is 0 Å². The third-order valence-electron chi connectivity index (χ3n) is 4.03. The minimum atomic E-state index is -0.729. The van der Waals surface area contributed by atoms with Crippen molar-refractivity contribution in [1.29, 1.82) is 0 Å². The van der Waals surface area contributed by atoms with Crippen LogP contribution in [-0.4, -0.2) is 30.3 Å². The lowest BCUT2D eigenvalue weighted by atomic mass is 10.0. The highest BCUT2D eigenvalue weighted by molar-refractivity contribution is 5.90. The molecule has 0 heterocycles. The standard InChI is InChI=1S/C20H19F2NO4/c1-13-17(21)10-9-16(19(13)22)12-14-5-7-15(8-6-14)20(26)27-23(2)18(25)4-3-11-24/h5-11H,3-4,12H2,1-2H3. The Morgan fingerprint density at radius 3 is 2.41 bits per heavy atom. The molecule has 0 fully saturated rings. The van der Waals surface area contributed by atoms with Crippen LogP contribution in [0.1, 0.15) is 39.9 Å². The summed E-state index contributed by atoms with van der Waals surface area (Å²) in [7, 11) is 1.29. The Labute approximate surface area is 155 Å². The van der Waals surface area contributed by atoms with Crippen LogP contribution in [0, 0.1) is 18.6 Å². The van der Waals surface area contributed by atoms with Crippen molar-refractivity contribution in [3.05, 3.63) is 70.3 Å². The summed E-state index contributed by atoms with van der Waals surface area (Å²) in [6, 6.07) is 8.86. The summed E-state index contributed by atoms with van der Waals surface area (Å²) < 4.78 is 27.4. The molecule has 27 heavy (non-hydrogen) atoms.